The van der Waals surface area contributed by atoms with Crippen molar-refractivity contribution in [3.8, 4) is 74.0 Å². The Hall–Kier alpha value is -17.4. The first-order chi connectivity index (χ1) is 62.1. The number of fused-ring (bicyclic) bond motifs is 5. The number of phenols is 3. The van der Waals surface area contributed by atoms with E-state index in [4.69, 9.17) is 37.3 Å². The summed E-state index contributed by atoms with van der Waals surface area (Å²) in [6, 6.07) is 74.0. The van der Waals surface area contributed by atoms with Crippen molar-refractivity contribution < 1.29 is 62.2 Å². The van der Waals surface area contributed by atoms with Gasteiger partial charge in [0, 0.05) is 106 Å². The molecular weight excluding hydrogens is 1630 g/mol. The Morgan fingerprint density at radius 3 is 0.977 bits per heavy atom. The molecule has 0 aliphatic rings. The molecule has 0 spiro atoms. The number of aryl methyl sites for hydroxylation is 2. The molecule has 0 atom stereocenters. The summed E-state index contributed by atoms with van der Waals surface area (Å²) in [5.74, 6) is 2.12. The van der Waals surface area contributed by atoms with E-state index >= 15 is 0 Å². The summed E-state index contributed by atoms with van der Waals surface area (Å²) in [6.07, 6.45) is 0. The average Bonchev–Trinajstić information content (AvgIpc) is 0.795. The van der Waals surface area contributed by atoms with Crippen LogP contribution in [0.3, 0.4) is 0 Å². The maximum absolute atomic E-state index is 12.9. The van der Waals surface area contributed by atoms with Gasteiger partial charge in [-0.25, -0.2) is 9.59 Å². The van der Waals surface area contributed by atoms with Crippen molar-refractivity contribution in [2.24, 2.45) is 71.6 Å². The van der Waals surface area contributed by atoms with E-state index in [2.05, 4.69) is 82.2 Å². The van der Waals surface area contributed by atoms with Gasteiger partial charge in [-0.3, -0.25) is 9.59 Å². The number of benzene rings is 14. The van der Waals surface area contributed by atoms with Crippen molar-refractivity contribution in [3.63, 3.8) is 0 Å². The maximum atomic E-state index is 12.9. The highest BCUT2D eigenvalue weighted by molar-refractivity contribution is 6.00. The zero-order chi connectivity index (χ0) is 90.1. The molecule has 638 valence electrons. The lowest BCUT2D eigenvalue weighted by molar-refractivity contribution is -0.115. The summed E-state index contributed by atoms with van der Waals surface area (Å²) in [6.45, 7) is 6.62. The largest absolute Gasteiger partial charge is 0.507 e. The Morgan fingerprint density at radius 2 is 0.594 bits per heavy atom. The molecule has 2 aromatic heterocycles. The second kappa shape index (κ2) is 39.6. The Balaban J connectivity index is 0.000000167. The predicted molar refractivity (Wildman–Crippen MR) is 491 cm³/mol. The Morgan fingerprint density at radius 1 is 0.297 bits per heavy atom. The molecule has 0 saturated heterocycles. The fourth-order valence-corrected chi connectivity index (χ4v) is 13.4. The van der Waals surface area contributed by atoms with Gasteiger partial charge < -0.3 is 63.2 Å². The second-order valence-electron chi connectivity index (χ2n) is 28.4. The third-order valence-corrected chi connectivity index (χ3v) is 19.8. The molecule has 31 heteroatoms. The number of aromatic hydroxyl groups is 3. The van der Waals surface area contributed by atoms with E-state index in [-0.39, 0.29) is 74.7 Å². The van der Waals surface area contributed by atoms with Gasteiger partial charge in [-0.1, -0.05) is 127 Å². The first-order valence-corrected chi connectivity index (χ1v) is 39.3. The fourth-order valence-electron chi connectivity index (χ4n) is 13.4. The van der Waals surface area contributed by atoms with Crippen molar-refractivity contribution in [2.45, 2.75) is 27.7 Å². The van der Waals surface area contributed by atoms with Crippen molar-refractivity contribution in [3.05, 3.63) is 287 Å². The number of rotatable bonds is 23. The van der Waals surface area contributed by atoms with E-state index in [1.807, 2.05) is 129 Å². The number of methoxy groups -OCH3 is 6. The van der Waals surface area contributed by atoms with Crippen LogP contribution in [-0.2, 0) is 9.59 Å². The number of anilines is 2. The molecule has 0 bridgehead atoms. The minimum atomic E-state index is -0.485. The molecule has 0 radical (unpaired) electrons. The smallest absolute Gasteiger partial charge is 0.344 e. The van der Waals surface area contributed by atoms with Crippen LogP contribution in [0.2, 0.25) is 0 Å². The highest BCUT2D eigenvalue weighted by Gasteiger charge is 2.20. The Kier molecular flexibility index (Phi) is 26.9. The van der Waals surface area contributed by atoms with Gasteiger partial charge in [0.05, 0.1) is 93.6 Å². The molecule has 128 heavy (non-hydrogen) atoms. The number of azo groups is 7. The van der Waals surface area contributed by atoms with Crippen molar-refractivity contribution in [2.75, 3.05) is 60.3 Å². The van der Waals surface area contributed by atoms with Gasteiger partial charge in [0.15, 0.2) is 0 Å². The summed E-state index contributed by atoms with van der Waals surface area (Å²) >= 11 is 0. The number of hydrogen-bond donors (Lipinski definition) is 5. The second-order valence-corrected chi connectivity index (χ2v) is 28.4. The molecule has 2 heterocycles. The SMILES string of the molecule is CN=Nc1cc(OC)c(N=Nc2ccc(O)c3ccccc23)cc1OC.COc1cc(N=Nc2ccc(O)c3ccccc23)c(OC)cc1N=Nc1ccc(-c2cc3ccc(C)cc3oc2=O)cc1.COc1cc(N=Nc2ccc3cc(-c4ccc(C)cc4)c(=O)oc3c2)c(NC(C)=O)cc1N=Nc1cc(OC)c(N=Nc2ccc(O)c3ccccc23)cc1NC(C)=O. The number of amides is 2. The average molecular weight is 1710 g/mol. The van der Waals surface area contributed by atoms with Gasteiger partial charge in [-0.15, -0.1) is 51.1 Å². The summed E-state index contributed by atoms with van der Waals surface area (Å²) in [4.78, 5) is 50.1. The van der Waals surface area contributed by atoms with Crippen LogP contribution < -0.4 is 50.3 Å². The van der Waals surface area contributed by atoms with Crippen LogP contribution in [0.5, 0.6) is 51.7 Å². The van der Waals surface area contributed by atoms with Crippen LogP contribution in [0.25, 0.3) is 76.5 Å². The standard InChI is InChI=1S/C44H36N8O7.C34H26N4O5.C19H18N4O3/c1-24-10-12-27(13-11-24)32-18-28-14-15-29(19-41(28)59-44(32)56)47-49-36-22-42(57-4)39(20-34(36)45-25(2)53)52-50-37-23-43(58-5)38(21-35(37)46-26(3)54)51-48-33-16-17-40(55)31-9-7-6-8-30(31)33;1-20-8-9-22-17-26(34(40)43-31(22)16-20)21-10-12-23(13-11-21)35-37-28-18-33(42-3)29(19-32(28)41-2)38-36-27-14-15-30(39)25-7-5-4-6-24(25)27;1-20-21-15-10-19(26-3)16(11-18(15)25-2)23-22-14-8-9-17(24)13-7-5-4-6-12(13)14/h6-23,55H,1-5H3,(H,45,53)(H,46,54);4-19,39H,1-3H3;4-11,24H,1-3H3. The van der Waals surface area contributed by atoms with Crippen LogP contribution in [0.4, 0.5) is 85.3 Å². The van der Waals surface area contributed by atoms with Crippen molar-refractivity contribution in [1.29, 1.82) is 0 Å². The molecule has 0 unspecified atom stereocenters. The normalized spacial score (nSPS) is 11.6. The van der Waals surface area contributed by atoms with E-state index in [1.54, 1.807) is 137 Å². The summed E-state index contributed by atoms with van der Waals surface area (Å²) < 4.78 is 44.3. The zero-order valence-electron chi connectivity index (χ0n) is 70.8. The molecule has 0 saturated carbocycles. The molecule has 16 aromatic rings. The summed E-state index contributed by atoms with van der Waals surface area (Å²) in [5.41, 5.74) is 10.6. The van der Waals surface area contributed by atoms with E-state index in [9.17, 15) is 34.5 Å². The minimum Gasteiger partial charge on any atom is -0.507 e. The van der Waals surface area contributed by atoms with Gasteiger partial charge in [-0.05, 0) is 122 Å². The number of carbonyl (C=O) groups excluding carboxylic acids is 2. The van der Waals surface area contributed by atoms with Crippen molar-refractivity contribution >= 4 is 151 Å². The van der Waals surface area contributed by atoms with Crippen LogP contribution in [0, 0.1) is 13.8 Å². The van der Waals surface area contributed by atoms with Gasteiger partial charge in [0.1, 0.15) is 108 Å². The number of phenolic OH excluding ortho intramolecular Hbond substituents is 3. The van der Waals surface area contributed by atoms with E-state index in [1.165, 1.54) is 66.6 Å². The van der Waals surface area contributed by atoms with E-state index in [0.717, 1.165) is 32.8 Å². The molecule has 0 aliphatic heterocycles. The lowest BCUT2D eigenvalue weighted by Crippen LogP contribution is -2.06. The van der Waals surface area contributed by atoms with Gasteiger partial charge >= 0.3 is 11.3 Å². The molecule has 0 fully saturated rings. The first kappa shape index (κ1) is 87.0. The topological polar surface area (TPSA) is 408 Å². The molecule has 16 rings (SSSR count). The third-order valence-electron chi connectivity index (χ3n) is 19.8. The molecule has 5 N–H and O–H groups in total. The number of nitrogens with one attached hydrogen (secondary N) is 2. The zero-order valence-corrected chi connectivity index (χ0v) is 70.8. The van der Waals surface area contributed by atoms with Crippen LogP contribution in [-0.4, -0.2) is 76.8 Å². The van der Waals surface area contributed by atoms with Crippen LogP contribution in [0.1, 0.15) is 25.0 Å². The number of nitrogens with zero attached hydrogens (tertiary/aromatic N) is 14. The lowest BCUT2D eigenvalue weighted by Gasteiger charge is -2.12. The number of ether oxygens (including phenoxy) is 6. The van der Waals surface area contributed by atoms with Crippen LogP contribution in [0.15, 0.2) is 345 Å². The first-order valence-electron chi connectivity index (χ1n) is 39.3. The number of hydrogen-bond acceptors (Lipinski definition) is 29. The summed E-state index contributed by atoms with van der Waals surface area (Å²) in [7, 11) is 10.6. The Bertz CT molecular complexity index is 7320. The highest BCUT2D eigenvalue weighted by Crippen LogP contribution is 2.48. The third kappa shape index (κ3) is 20.2. The van der Waals surface area contributed by atoms with Crippen LogP contribution >= 0.6 is 0 Å². The number of carbonyl (C=O) groups is 2. The summed E-state index contributed by atoms with van der Waals surface area (Å²) in [5, 5.41) is 102. The van der Waals surface area contributed by atoms with E-state index in [0.29, 0.717) is 129 Å². The monoisotopic (exact) mass is 1710 g/mol. The van der Waals surface area contributed by atoms with E-state index < -0.39 is 11.3 Å². The molecular formula is C97H80N16O15. The minimum absolute atomic E-state index is 0.117. The Labute approximate surface area is 730 Å². The predicted octanol–water partition coefficient (Wildman–Crippen LogP) is 27.0. The maximum Gasteiger partial charge on any atom is 0.344 e. The highest BCUT2D eigenvalue weighted by atomic mass is 16.5. The quantitative estimate of drug-likeness (QED) is 0.0293. The fraction of sp³-hybridized carbons (Fsp3) is 0.113. The molecule has 2 amide bonds. The van der Waals surface area contributed by atoms with Crippen molar-refractivity contribution in [1.82, 2.24) is 0 Å². The van der Waals surface area contributed by atoms with Gasteiger partial charge in [0.25, 0.3) is 0 Å². The molecule has 0 aliphatic carbocycles. The molecule has 14 aromatic carbocycles. The molecule has 31 nitrogen and oxygen atoms in total. The van der Waals surface area contributed by atoms with Gasteiger partial charge in [-0.2, -0.15) is 20.5 Å². The van der Waals surface area contributed by atoms with Gasteiger partial charge in [0.2, 0.25) is 11.8 Å². The lowest BCUT2D eigenvalue weighted by atomic mass is 10.0.